The third kappa shape index (κ3) is 1.10. The third-order valence-electron chi connectivity index (χ3n) is 4.46. The number of fused-ring (bicyclic) bond motifs is 5. The van der Waals surface area contributed by atoms with Gasteiger partial charge in [-0.1, -0.05) is 12.2 Å². The summed E-state index contributed by atoms with van der Waals surface area (Å²) in [5.74, 6) is 2.19. The van der Waals surface area contributed by atoms with E-state index in [0.717, 1.165) is 6.42 Å². The lowest BCUT2D eigenvalue weighted by atomic mass is 9.66. The Morgan fingerprint density at radius 1 is 1.21 bits per heavy atom. The van der Waals surface area contributed by atoms with Crippen LogP contribution in [0.4, 0.5) is 0 Å². The Hall–Kier alpha value is -0.340. The second kappa shape index (κ2) is 2.61. The van der Waals surface area contributed by atoms with E-state index in [1.54, 1.807) is 0 Å². The van der Waals surface area contributed by atoms with Crippen molar-refractivity contribution in [2.24, 2.45) is 23.7 Å². The standard InChI is InChI=1S/C12H18O2/c1-12(14)5-9-7-2-3-8(4-7)11(9)10(13)6-12/h2-3,7-11,13-14H,4-6H2,1H3/t7-,8+,9-,10-,11+,12+/m0/s1. The number of rotatable bonds is 0. The van der Waals surface area contributed by atoms with Gasteiger partial charge in [-0.05, 0) is 43.4 Å². The van der Waals surface area contributed by atoms with E-state index < -0.39 is 5.60 Å². The average molecular weight is 194 g/mol. The minimum absolute atomic E-state index is 0.288. The third-order valence-corrected chi connectivity index (χ3v) is 4.46. The summed E-state index contributed by atoms with van der Waals surface area (Å²) >= 11 is 0. The summed E-state index contributed by atoms with van der Waals surface area (Å²) in [6, 6.07) is 0. The van der Waals surface area contributed by atoms with Gasteiger partial charge in [-0.2, -0.15) is 0 Å². The fraction of sp³-hybridized carbons (Fsp3) is 0.833. The Balaban J connectivity index is 1.91. The molecule has 3 rings (SSSR count). The van der Waals surface area contributed by atoms with E-state index in [-0.39, 0.29) is 6.10 Å². The minimum Gasteiger partial charge on any atom is -0.393 e. The molecule has 3 aliphatic rings. The first-order valence-electron chi connectivity index (χ1n) is 5.66. The lowest BCUT2D eigenvalue weighted by Gasteiger charge is -2.43. The van der Waals surface area contributed by atoms with E-state index in [0.29, 0.717) is 30.1 Å². The van der Waals surface area contributed by atoms with E-state index in [1.165, 1.54) is 6.42 Å². The molecular weight excluding hydrogens is 176 g/mol. The van der Waals surface area contributed by atoms with Crippen molar-refractivity contribution in [3.05, 3.63) is 12.2 Å². The van der Waals surface area contributed by atoms with E-state index in [4.69, 9.17) is 0 Å². The van der Waals surface area contributed by atoms with Crippen LogP contribution in [0.15, 0.2) is 12.2 Å². The van der Waals surface area contributed by atoms with Crippen LogP contribution in [0.5, 0.6) is 0 Å². The summed E-state index contributed by atoms with van der Waals surface area (Å²) in [6.07, 6.45) is 6.92. The lowest BCUT2D eigenvalue weighted by molar-refractivity contribution is -0.0884. The summed E-state index contributed by atoms with van der Waals surface area (Å²) in [4.78, 5) is 0. The van der Waals surface area contributed by atoms with Gasteiger partial charge in [-0.25, -0.2) is 0 Å². The molecule has 0 saturated heterocycles. The van der Waals surface area contributed by atoms with Gasteiger partial charge in [-0.15, -0.1) is 0 Å². The van der Waals surface area contributed by atoms with Crippen LogP contribution < -0.4 is 0 Å². The summed E-state index contributed by atoms with van der Waals surface area (Å²) in [6.45, 7) is 1.86. The highest BCUT2D eigenvalue weighted by atomic mass is 16.3. The minimum atomic E-state index is -0.640. The van der Waals surface area contributed by atoms with Crippen LogP contribution >= 0.6 is 0 Å². The molecule has 14 heavy (non-hydrogen) atoms. The molecule has 0 aromatic carbocycles. The van der Waals surface area contributed by atoms with Crippen LogP contribution in [-0.2, 0) is 0 Å². The van der Waals surface area contributed by atoms with Crippen LogP contribution in [0.1, 0.15) is 26.2 Å². The van der Waals surface area contributed by atoms with Crippen molar-refractivity contribution in [3.8, 4) is 0 Å². The Labute approximate surface area is 84.6 Å². The fourth-order valence-corrected chi connectivity index (χ4v) is 4.00. The molecule has 3 aliphatic carbocycles. The zero-order valence-electron chi connectivity index (χ0n) is 8.56. The zero-order valence-corrected chi connectivity index (χ0v) is 8.56. The first-order chi connectivity index (χ1) is 6.57. The summed E-state index contributed by atoms with van der Waals surface area (Å²) < 4.78 is 0. The topological polar surface area (TPSA) is 40.5 Å². The quantitative estimate of drug-likeness (QED) is 0.571. The molecule has 0 spiro atoms. The number of aliphatic hydroxyl groups excluding tert-OH is 1. The SMILES string of the molecule is C[C@@]1(O)C[C@@H]2[C@@H]([C@@H]3C=C[C@H]2C3)[C@@H](O)C1. The van der Waals surface area contributed by atoms with Crippen molar-refractivity contribution in [3.63, 3.8) is 0 Å². The van der Waals surface area contributed by atoms with E-state index in [1.807, 2.05) is 6.92 Å². The molecule has 2 saturated carbocycles. The number of hydrogen-bond acceptors (Lipinski definition) is 2. The number of aliphatic hydroxyl groups is 2. The molecule has 2 heteroatoms. The second-order valence-corrected chi connectivity index (χ2v) is 5.66. The maximum absolute atomic E-state index is 10.0. The Morgan fingerprint density at radius 2 is 1.93 bits per heavy atom. The first kappa shape index (κ1) is 8.93. The number of allylic oxidation sites excluding steroid dienone is 2. The van der Waals surface area contributed by atoms with Crippen molar-refractivity contribution in [2.75, 3.05) is 0 Å². The Morgan fingerprint density at radius 3 is 2.71 bits per heavy atom. The molecule has 6 atom stereocenters. The number of hydrogen-bond donors (Lipinski definition) is 2. The maximum atomic E-state index is 10.0. The fourth-order valence-electron chi connectivity index (χ4n) is 4.00. The largest absolute Gasteiger partial charge is 0.393 e. The van der Waals surface area contributed by atoms with Gasteiger partial charge in [0.05, 0.1) is 11.7 Å². The lowest BCUT2D eigenvalue weighted by Crippen LogP contribution is -2.46. The molecule has 0 aromatic rings. The maximum Gasteiger partial charge on any atom is 0.0647 e. The molecule has 0 aromatic heterocycles. The van der Waals surface area contributed by atoms with Crippen molar-refractivity contribution < 1.29 is 10.2 Å². The monoisotopic (exact) mass is 194 g/mol. The van der Waals surface area contributed by atoms with Crippen molar-refractivity contribution in [2.45, 2.75) is 37.9 Å². The van der Waals surface area contributed by atoms with Gasteiger partial charge < -0.3 is 10.2 Å². The average Bonchev–Trinajstić information content (AvgIpc) is 2.59. The summed E-state index contributed by atoms with van der Waals surface area (Å²) in [5.41, 5.74) is -0.640. The Bertz CT molecular complexity index is 282. The van der Waals surface area contributed by atoms with Crippen LogP contribution in [0.3, 0.4) is 0 Å². The molecule has 2 fully saturated rings. The van der Waals surface area contributed by atoms with Gasteiger partial charge in [0, 0.05) is 6.42 Å². The highest BCUT2D eigenvalue weighted by Gasteiger charge is 2.53. The summed E-state index contributed by atoms with van der Waals surface area (Å²) in [7, 11) is 0. The van der Waals surface area contributed by atoms with Crippen LogP contribution in [0, 0.1) is 23.7 Å². The molecule has 0 heterocycles. The molecule has 2 N–H and O–H groups in total. The van der Waals surface area contributed by atoms with Gasteiger partial charge in [0.15, 0.2) is 0 Å². The predicted molar refractivity (Wildman–Crippen MR) is 53.6 cm³/mol. The van der Waals surface area contributed by atoms with E-state index >= 15 is 0 Å². The van der Waals surface area contributed by atoms with E-state index in [9.17, 15) is 10.2 Å². The van der Waals surface area contributed by atoms with Gasteiger partial charge >= 0.3 is 0 Å². The zero-order chi connectivity index (χ0) is 9.92. The molecule has 0 amide bonds. The van der Waals surface area contributed by atoms with Crippen molar-refractivity contribution in [1.82, 2.24) is 0 Å². The molecule has 0 unspecified atom stereocenters. The molecule has 78 valence electrons. The van der Waals surface area contributed by atoms with Crippen LogP contribution in [0.2, 0.25) is 0 Å². The van der Waals surface area contributed by atoms with Gasteiger partial charge in [-0.3, -0.25) is 0 Å². The molecule has 0 radical (unpaired) electrons. The van der Waals surface area contributed by atoms with E-state index in [2.05, 4.69) is 12.2 Å². The Kier molecular flexibility index (Phi) is 1.67. The summed E-state index contributed by atoms with van der Waals surface area (Å²) in [5, 5.41) is 20.1. The molecule has 2 nitrogen and oxygen atoms in total. The van der Waals surface area contributed by atoms with Gasteiger partial charge in [0.1, 0.15) is 0 Å². The normalized spacial score (nSPS) is 60.4. The molecular formula is C12H18O2. The first-order valence-corrected chi connectivity index (χ1v) is 5.66. The van der Waals surface area contributed by atoms with Crippen LogP contribution in [0.25, 0.3) is 0 Å². The van der Waals surface area contributed by atoms with Crippen LogP contribution in [-0.4, -0.2) is 21.9 Å². The highest BCUT2D eigenvalue weighted by molar-refractivity contribution is 5.17. The second-order valence-electron chi connectivity index (χ2n) is 5.66. The van der Waals surface area contributed by atoms with Gasteiger partial charge in [0.25, 0.3) is 0 Å². The van der Waals surface area contributed by atoms with Gasteiger partial charge in [0.2, 0.25) is 0 Å². The molecule has 0 aliphatic heterocycles. The molecule has 2 bridgehead atoms. The smallest absolute Gasteiger partial charge is 0.0647 e. The predicted octanol–water partition coefficient (Wildman–Crippen LogP) is 1.33. The van der Waals surface area contributed by atoms with Crippen molar-refractivity contribution >= 4 is 0 Å². The van der Waals surface area contributed by atoms with Crippen molar-refractivity contribution in [1.29, 1.82) is 0 Å². The highest BCUT2D eigenvalue weighted by Crippen LogP contribution is 2.55.